The van der Waals surface area contributed by atoms with Gasteiger partial charge >= 0.3 is 0 Å². The first kappa shape index (κ1) is 21.8. The van der Waals surface area contributed by atoms with Crippen LogP contribution in [0.4, 0.5) is 0 Å². The smallest absolute Gasteiger partial charge is 0.243 e. The number of hydrogen-bond donors (Lipinski definition) is 1. The molecule has 3 rings (SSSR count). The maximum atomic E-state index is 12.9. The molecule has 0 saturated carbocycles. The second kappa shape index (κ2) is 9.28. The van der Waals surface area contributed by atoms with Crippen molar-refractivity contribution in [2.45, 2.75) is 24.8 Å². The Morgan fingerprint density at radius 2 is 1.70 bits per heavy atom. The number of carbonyl (C=O) groups is 1. The Labute approximate surface area is 177 Å². The predicted octanol–water partition coefficient (Wildman–Crippen LogP) is 3.35. The lowest BCUT2D eigenvalue weighted by Gasteiger charge is -2.19. The van der Waals surface area contributed by atoms with Crippen molar-refractivity contribution in [1.29, 1.82) is 0 Å². The van der Waals surface area contributed by atoms with Gasteiger partial charge in [-0.2, -0.15) is 4.31 Å². The number of ether oxygens (including phenoxy) is 1. The average Bonchev–Trinajstić information content (AvgIpc) is 2.72. The van der Waals surface area contributed by atoms with E-state index in [4.69, 9.17) is 4.74 Å². The molecule has 6 nitrogen and oxygen atoms in total. The lowest BCUT2D eigenvalue weighted by molar-refractivity contribution is -0.121. The number of nitrogens with one attached hydrogen (secondary N) is 1. The van der Waals surface area contributed by atoms with Gasteiger partial charge in [-0.05, 0) is 48.9 Å². The first-order valence-corrected chi connectivity index (χ1v) is 11.1. The van der Waals surface area contributed by atoms with Crippen molar-refractivity contribution in [3.05, 3.63) is 72.3 Å². The molecule has 1 atom stereocenters. The number of fused-ring (bicyclic) bond motifs is 1. The highest BCUT2D eigenvalue weighted by Gasteiger charge is 2.23. The van der Waals surface area contributed by atoms with Crippen LogP contribution in [0.2, 0.25) is 0 Å². The summed E-state index contributed by atoms with van der Waals surface area (Å²) in [5, 5.41) is 4.56. The summed E-state index contributed by atoms with van der Waals surface area (Å²) in [4.78, 5) is 12.5. The molecule has 3 aromatic carbocycles. The van der Waals surface area contributed by atoms with Crippen molar-refractivity contribution in [3.63, 3.8) is 0 Å². The van der Waals surface area contributed by atoms with Crippen LogP contribution in [0.25, 0.3) is 10.8 Å². The van der Waals surface area contributed by atoms with Crippen LogP contribution in [0.3, 0.4) is 0 Å². The van der Waals surface area contributed by atoms with Crippen LogP contribution in [-0.4, -0.2) is 44.9 Å². The molecule has 158 valence electrons. The minimum absolute atomic E-state index is 0.159. The zero-order chi connectivity index (χ0) is 21.7. The third-order valence-corrected chi connectivity index (χ3v) is 6.52. The highest BCUT2D eigenvalue weighted by molar-refractivity contribution is 7.89. The Kier molecular flexibility index (Phi) is 6.74. The Morgan fingerprint density at radius 3 is 2.40 bits per heavy atom. The van der Waals surface area contributed by atoms with Gasteiger partial charge in [0.1, 0.15) is 12.4 Å². The molecule has 0 aromatic heterocycles. The molecule has 0 aliphatic heterocycles. The molecule has 0 bridgehead atoms. The third kappa shape index (κ3) is 5.37. The van der Waals surface area contributed by atoms with Gasteiger partial charge in [0.25, 0.3) is 0 Å². The standard InChI is InChI=1S/C23H26N2O4S/c1-17-8-11-21(12-9-17)29-16-18(2)24-23(26)15-25(3)30(27,28)22-13-10-19-6-4-5-7-20(19)14-22/h4-14,18H,15-16H2,1-3H3,(H,24,26). The molecule has 1 N–H and O–H groups in total. The van der Waals surface area contributed by atoms with E-state index in [9.17, 15) is 13.2 Å². The second-order valence-corrected chi connectivity index (χ2v) is 9.41. The molecule has 0 heterocycles. The number of benzene rings is 3. The molecular formula is C23H26N2O4S. The van der Waals surface area contributed by atoms with E-state index in [-0.39, 0.29) is 30.0 Å². The highest BCUT2D eigenvalue weighted by atomic mass is 32.2. The third-order valence-electron chi connectivity index (χ3n) is 4.72. The minimum atomic E-state index is -3.78. The second-order valence-electron chi connectivity index (χ2n) is 7.36. The van der Waals surface area contributed by atoms with Crippen LogP contribution < -0.4 is 10.1 Å². The molecule has 0 aliphatic carbocycles. The lowest BCUT2D eigenvalue weighted by Crippen LogP contribution is -2.43. The van der Waals surface area contributed by atoms with E-state index in [0.717, 1.165) is 26.4 Å². The largest absolute Gasteiger partial charge is 0.491 e. The maximum Gasteiger partial charge on any atom is 0.243 e. The fraction of sp³-hybridized carbons (Fsp3) is 0.261. The number of rotatable bonds is 8. The summed E-state index contributed by atoms with van der Waals surface area (Å²) in [5.74, 6) is 0.333. The quantitative estimate of drug-likeness (QED) is 0.599. The predicted molar refractivity (Wildman–Crippen MR) is 118 cm³/mol. The van der Waals surface area contributed by atoms with E-state index in [1.165, 1.54) is 7.05 Å². The molecule has 30 heavy (non-hydrogen) atoms. The number of carbonyl (C=O) groups excluding carboxylic acids is 1. The molecule has 3 aromatic rings. The first-order valence-electron chi connectivity index (χ1n) is 9.69. The van der Waals surface area contributed by atoms with Crippen molar-refractivity contribution in [1.82, 2.24) is 9.62 Å². The first-order chi connectivity index (χ1) is 14.3. The van der Waals surface area contributed by atoms with Crippen molar-refractivity contribution in [3.8, 4) is 5.75 Å². The summed E-state index contributed by atoms with van der Waals surface area (Å²) in [6, 6.07) is 19.8. The summed E-state index contributed by atoms with van der Waals surface area (Å²) < 4.78 is 32.4. The van der Waals surface area contributed by atoms with Crippen LogP contribution in [0.1, 0.15) is 12.5 Å². The van der Waals surface area contributed by atoms with Gasteiger partial charge in [-0.15, -0.1) is 0 Å². The lowest BCUT2D eigenvalue weighted by atomic mass is 10.1. The number of hydrogen-bond acceptors (Lipinski definition) is 4. The Bertz CT molecular complexity index is 1130. The number of nitrogens with zero attached hydrogens (tertiary/aromatic N) is 1. The topological polar surface area (TPSA) is 75.7 Å². The van der Waals surface area contributed by atoms with E-state index in [0.29, 0.717) is 0 Å². The molecule has 1 amide bonds. The van der Waals surface area contributed by atoms with E-state index < -0.39 is 10.0 Å². The van der Waals surface area contributed by atoms with Crippen LogP contribution in [0.15, 0.2) is 71.6 Å². The van der Waals surface area contributed by atoms with Gasteiger partial charge in [-0.25, -0.2) is 8.42 Å². The van der Waals surface area contributed by atoms with Crippen molar-refractivity contribution in [2.75, 3.05) is 20.2 Å². The van der Waals surface area contributed by atoms with Crippen LogP contribution in [0, 0.1) is 6.92 Å². The molecule has 0 saturated heterocycles. The molecule has 0 radical (unpaired) electrons. The number of likely N-dealkylation sites (N-methyl/N-ethyl adjacent to an activating group) is 1. The van der Waals surface area contributed by atoms with Crippen LogP contribution in [-0.2, 0) is 14.8 Å². The molecule has 0 aliphatic rings. The molecular weight excluding hydrogens is 400 g/mol. The number of amides is 1. The molecule has 1 unspecified atom stereocenters. The van der Waals surface area contributed by atoms with Gasteiger partial charge in [-0.3, -0.25) is 4.79 Å². The van der Waals surface area contributed by atoms with Crippen LogP contribution >= 0.6 is 0 Å². The zero-order valence-electron chi connectivity index (χ0n) is 17.3. The summed E-state index contributed by atoms with van der Waals surface area (Å²) in [6.07, 6.45) is 0. The van der Waals surface area contributed by atoms with Gasteiger partial charge in [0.2, 0.25) is 15.9 Å². The number of aryl methyl sites for hydroxylation is 1. The Morgan fingerprint density at radius 1 is 1.03 bits per heavy atom. The zero-order valence-corrected chi connectivity index (χ0v) is 18.1. The minimum Gasteiger partial charge on any atom is -0.491 e. The highest BCUT2D eigenvalue weighted by Crippen LogP contribution is 2.21. The molecule has 7 heteroatoms. The Hall–Kier alpha value is -2.90. The summed E-state index contributed by atoms with van der Waals surface area (Å²) >= 11 is 0. The van der Waals surface area contributed by atoms with Crippen molar-refractivity contribution in [2.24, 2.45) is 0 Å². The van der Waals surface area contributed by atoms with Crippen LogP contribution in [0.5, 0.6) is 5.75 Å². The summed E-state index contributed by atoms with van der Waals surface area (Å²) in [6.45, 7) is 3.82. The van der Waals surface area contributed by atoms with E-state index in [1.54, 1.807) is 18.2 Å². The fourth-order valence-corrected chi connectivity index (χ4v) is 4.18. The van der Waals surface area contributed by atoms with Gasteiger partial charge < -0.3 is 10.1 Å². The van der Waals surface area contributed by atoms with E-state index in [2.05, 4.69) is 5.32 Å². The monoisotopic (exact) mass is 426 g/mol. The molecule has 0 fully saturated rings. The SMILES string of the molecule is Cc1ccc(OCC(C)NC(=O)CN(C)S(=O)(=O)c2ccc3ccccc3c2)cc1. The normalized spacial score (nSPS) is 12.7. The van der Waals surface area contributed by atoms with E-state index >= 15 is 0 Å². The Balaban J connectivity index is 1.57. The van der Waals surface area contributed by atoms with Crippen molar-refractivity contribution >= 4 is 26.7 Å². The summed E-state index contributed by atoms with van der Waals surface area (Å²) in [7, 11) is -2.38. The fourth-order valence-electron chi connectivity index (χ4n) is 3.01. The average molecular weight is 427 g/mol. The van der Waals surface area contributed by atoms with E-state index in [1.807, 2.05) is 62.4 Å². The summed E-state index contributed by atoms with van der Waals surface area (Å²) in [5.41, 5.74) is 1.14. The number of sulfonamides is 1. The maximum absolute atomic E-state index is 12.9. The molecule has 0 spiro atoms. The van der Waals surface area contributed by atoms with Gasteiger partial charge in [0, 0.05) is 7.05 Å². The van der Waals surface area contributed by atoms with Crippen molar-refractivity contribution < 1.29 is 17.9 Å². The van der Waals surface area contributed by atoms with Gasteiger partial charge in [-0.1, -0.05) is 48.0 Å². The van der Waals surface area contributed by atoms with Gasteiger partial charge in [0.05, 0.1) is 17.5 Å². The van der Waals surface area contributed by atoms with Gasteiger partial charge in [0.15, 0.2) is 0 Å².